The number of benzene rings is 1. The summed E-state index contributed by atoms with van der Waals surface area (Å²) >= 11 is 0. The van der Waals surface area contributed by atoms with E-state index in [-0.39, 0.29) is 12.2 Å². The molecule has 0 aliphatic heterocycles. The predicted molar refractivity (Wildman–Crippen MR) is 75.5 cm³/mol. The van der Waals surface area contributed by atoms with Crippen LogP contribution in [0.4, 0.5) is 0 Å². The van der Waals surface area contributed by atoms with Gasteiger partial charge >= 0.3 is 0 Å². The summed E-state index contributed by atoms with van der Waals surface area (Å²) in [5.74, 6) is 1.00. The Kier molecular flexibility index (Phi) is 4.08. The summed E-state index contributed by atoms with van der Waals surface area (Å²) in [7, 11) is 4.91. The van der Waals surface area contributed by atoms with Gasteiger partial charge in [0, 0.05) is 12.7 Å². The Hall–Kier alpha value is -2.30. The largest absolute Gasteiger partial charge is 0.493 e. The third kappa shape index (κ3) is 2.66. The number of methoxy groups -OCH3 is 2. The molecule has 0 saturated carbocycles. The molecule has 106 valence electrons. The summed E-state index contributed by atoms with van der Waals surface area (Å²) in [5.41, 5.74) is 2.29. The molecule has 2 aromatic rings. The smallest absolute Gasteiger partial charge is 0.172 e. The van der Waals surface area contributed by atoms with Gasteiger partial charge in [-0.15, -0.1) is 0 Å². The summed E-state index contributed by atoms with van der Waals surface area (Å²) in [6.45, 7) is 1.90. The van der Waals surface area contributed by atoms with E-state index in [2.05, 4.69) is 5.10 Å². The van der Waals surface area contributed by atoms with Crippen LogP contribution in [0, 0.1) is 6.92 Å². The van der Waals surface area contributed by atoms with E-state index in [1.807, 2.05) is 20.0 Å². The molecule has 1 heterocycles. The normalized spacial score (nSPS) is 10.4. The van der Waals surface area contributed by atoms with Crippen molar-refractivity contribution in [3.05, 3.63) is 41.2 Å². The van der Waals surface area contributed by atoms with Crippen molar-refractivity contribution in [3.63, 3.8) is 0 Å². The molecule has 0 N–H and O–H groups in total. The molecular formula is C15H18N2O3. The maximum absolute atomic E-state index is 12.4. The van der Waals surface area contributed by atoms with Crippen molar-refractivity contribution in [3.8, 4) is 11.5 Å². The highest BCUT2D eigenvalue weighted by molar-refractivity contribution is 6.00. The third-order valence-corrected chi connectivity index (χ3v) is 3.14. The Morgan fingerprint density at radius 2 is 2.05 bits per heavy atom. The molecule has 0 amide bonds. The molecule has 2 rings (SSSR count). The van der Waals surface area contributed by atoms with Crippen molar-refractivity contribution in [2.75, 3.05) is 14.2 Å². The van der Waals surface area contributed by atoms with Crippen molar-refractivity contribution in [1.29, 1.82) is 0 Å². The average molecular weight is 274 g/mol. The highest BCUT2D eigenvalue weighted by Crippen LogP contribution is 2.31. The number of hydrogen-bond acceptors (Lipinski definition) is 4. The topological polar surface area (TPSA) is 53.3 Å². The third-order valence-electron chi connectivity index (χ3n) is 3.14. The van der Waals surface area contributed by atoms with Crippen LogP contribution in [0.5, 0.6) is 11.5 Å². The van der Waals surface area contributed by atoms with Gasteiger partial charge in [-0.3, -0.25) is 9.48 Å². The minimum absolute atomic E-state index is 0.0243. The zero-order valence-electron chi connectivity index (χ0n) is 12.1. The van der Waals surface area contributed by atoms with Crippen LogP contribution < -0.4 is 9.47 Å². The Balaban J connectivity index is 2.32. The lowest BCUT2D eigenvalue weighted by molar-refractivity contribution is 0.0987. The first kappa shape index (κ1) is 14.1. The number of Topliss-reactive ketones (excluding diaryl/α,β-unsaturated/α-hetero) is 1. The lowest BCUT2D eigenvalue weighted by Gasteiger charge is -2.11. The van der Waals surface area contributed by atoms with Crippen LogP contribution in [-0.4, -0.2) is 29.8 Å². The molecule has 0 fully saturated rings. The zero-order chi connectivity index (χ0) is 14.7. The van der Waals surface area contributed by atoms with Crippen LogP contribution in [0.2, 0.25) is 0 Å². The number of ether oxygens (including phenoxy) is 2. The summed E-state index contributed by atoms with van der Waals surface area (Å²) in [5, 5.41) is 4.24. The summed E-state index contributed by atoms with van der Waals surface area (Å²) in [4.78, 5) is 12.4. The van der Waals surface area contributed by atoms with E-state index in [0.717, 1.165) is 11.4 Å². The fraction of sp³-hybridized carbons (Fsp3) is 0.333. The van der Waals surface area contributed by atoms with E-state index in [4.69, 9.17) is 9.47 Å². The molecule has 0 unspecified atom stereocenters. The number of aryl methyl sites for hydroxylation is 2. The molecule has 5 heteroatoms. The van der Waals surface area contributed by atoms with Crippen LogP contribution in [0.25, 0.3) is 0 Å². The molecule has 20 heavy (non-hydrogen) atoms. The number of carbonyl (C=O) groups excluding carboxylic acids is 1. The van der Waals surface area contributed by atoms with Crippen molar-refractivity contribution >= 4 is 5.78 Å². The Morgan fingerprint density at radius 1 is 1.30 bits per heavy atom. The average Bonchev–Trinajstić information content (AvgIpc) is 2.75. The van der Waals surface area contributed by atoms with Gasteiger partial charge in [0.1, 0.15) is 0 Å². The summed E-state index contributed by atoms with van der Waals surface area (Å²) in [6.07, 6.45) is 0.279. The second-order valence-corrected chi connectivity index (χ2v) is 4.54. The van der Waals surface area contributed by atoms with Gasteiger partial charge in [0.2, 0.25) is 0 Å². The predicted octanol–water partition coefficient (Wildman–Crippen LogP) is 2.17. The van der Waals surface area contributed by atoms with Crippen molar-refractivity contribution in [1.82, 2.24) is 9.78 Å². The van der Waals surface area contributed by atoms with E-state index < -0.39 is 0 Å². The van der Waals surface area contributed by atoms with Crippen LogP contribution in [0.15, 0.2) is 24.3 Å². The molecule has 0 aliphatic rings. The Morgan fingerprint density at radius 3 is 2.60 bits per heavy atom. The summed E-state index contributed by atoms with van der Waals surface area (Å²) in [6, 6.07) is 7.20. The molecule has 5 nitrogen and oxygen atoms in total. The molecule has 1 aromatic heterocycles. The van der Waals surface area contributed by atoms with Crippen LogP contribution >= 0.6 is 0 Å². The van der Waals surface area contributed by atoms with E-state index in [1.165, 1.54) is 7.11 Å². The fourth-order valence-electron chi connectivity index (χ4n) is 2.20. The first-order valence-corrected chi connectivity index (χ1v) is 6.30. The molecule has 0 saturated heterocycles. The molecule has 0 radical (unpaired) electrons. The van der Waals surface area contributed by atoms with Crippen molar-refractivity contribution in [2.24, 2.45) is 7.05 Å². The monoisotopic (exact) mass is 274 g/mol. The maximum atomic E-state index is 12.4. The minimum atomic E-state index is -0.0243. The van der Waals surface area contributed by atoms with Gasteiger partial charge in [-0.25, -0.2) is 0 Å². The summed E-state index contributed by atoms with van der Waals surface area (Å²) < 4.78 is 12.2. The minimum Gasteiger partial charge on any atom is -0.493 e. The Labute approximate surface area is 118 Å². The highest BCUT2D eigenvalue weighted by atomic mass is 16.5. The SMILES string of the molecule is COc1cccc(C(=O)Cc2cc(C)nn2C)c1OC. The van der Waals surface area contributed by atoms with Crippen molar-refractivity contribution in [2.45, 2.75) is 13.3 Å². The van der Waals surface area contributed by atoms with E-state index in [0.29, 0.717) is 17.1 Å². The van der Waals surface area contributed by atoms with E-state index in [1.54, 1.807) is 30.0 Å². The quantitative estimate of drug-likeness (QED) is 0.784. The number of ketones is 1. The van der Waals surface area contributed by atoms with Gasteiger partial charge in [0.05, 0.1) is 31.9 Å². The lowest BCUT2D eigenvalue weighted by atomic mass is 10.0. The maximum Gasteiger partial charge on any atom is 0.172 e. The van der Waals surface area contributed by atoms with Crippen molar-refractivity contribution < 1.29 is 14.3 Å². The van der Waals surface area contributed by atoms with Crippen LogP contribution in [0.1, 0.15) is 21.7 Å². The first-order chi connectivity index (χ1) is 9.56. The van der Waals surface area contributed by atoms with Gasteiger partial charge in [0.25, 0.3) is 0 Å². The highest BCUT2D eigenvalue weighted by Gasteiger charge is 2.18. The number of hydrogen-bond donors (Lipinski definition) is 0. The van der Waals surface area contributed by atoms with Gasteiger partial charge in [-0.1, -0.05) is 6.07 Å². The molecule has 1 aromatic carbocycles. The number of aromatic nitrogens is 2. The van der Waals surface area contributed by atoms with Gasteiger partial charge in [0.15, 0.2) is 17.3 Å². The molecule has 0 aliphatic carbocycles. The second-order valence-electron chi connectivity index (χ2n) is 4.54. The molecule has 0 atom stereocenters. The number of carbonyl (C=O) groups is 1. The lowest BCUT2D eigenvalue weighted by Crippen LogP contribution is -2.09. The molecular weight excluding hydrogens is 256 g/mol. The van der Waals surface area contributed by atoms with E-state index >= 15 is 0 Å². The van der Waals surface area contributed by atoms with E-state index in [9.17, 15) is 4.79 Å². The Bertz CT molecular complexity index is 632. The fourth-order valence-corrected chi connectivity index (χ4v) is 2.20. The van der Waals surface area contributed by atoms with Gasteiger partial charge in [-0.05, 0) is 25.1 Å². The van der Waals surface area contributed by atoms with Gasteiger partial charge in [-0.2, -0.15) is 5.10 Å². The second kappa shape index (κ2) is 5.77. The van der Waals surface area contributed by atoms with Crippen LogP contribution in [-0.2, 0) is 13.5 Å². The first-order valence-electron chi connectivity index (χ1n) is 6.30. The molecule has 0 spiro atoms. The number of rotatable bonds is 5. The zero-order valence-corrected chi connectivity index (χ0v) is 12.1. The van der Waals surface area contributed by atoms with Crippen LogP contribution in [0.3, 0.4) is 0 Å². The number of nitrogens with zero attached hydrogens (tertiary/aromatic N) is 2. The number of para-hydroxylation sites is 1. The standard InChI is InChI=1S/C15H18N2O3/c1-10-8-11(17(2)16-10)9-13(18)12-6-5-7-14(19-3)15(12)20-4/h5-8H,9H2,1-4H3. The van der Waals surface area contributed by atoms with Gasteiger partial charge < -0.3 is 9.47 Å². The molecule has 0 bridgehead atoms.